The number of thioether (sulfide) groups is 1. The molecule has 142 valence electrons. The second-order valence-corrected chi connectivity index (χ2v) is 8.90. The van der Waals surface area contributed by atoms with Gasteiger partial charge in [0.05, 0.1) is 20.6 Å². The van der Waals surface area contributed by atoms with E-state index in [1.165, 1.54) is 16.7 Å². The summed E-state index contributed by atoms with van der Waals surface area (Å²) in [5.41, 5.74) is 2.79. The minimum Gasteiger partial charge on any atom is -0.347 e. The third-order valence-electron chi connectivity index (χ3n) is 4.53. The van der Waals surface area contributed by atoms with Crippen molar-refractivity contribution in [2.45, 2.75) is 19.9 Å². The molecule has 0 aliphatic carbocycles. The smallest absolute Gasteiger partial charge is 0.270 e. The molecule has 1 aliphatic rings. The lowest BCUT2D eigenvalue weighted by Crippen LogP contribution is -2.27. The average Bonchev–Trinajstić information content (AvgIpc) is 3.16. The van der Waals surface area contributed by atoms with E-state index in [-0.39, 0.29) is 5.91 Å². The number of aryl methyl sites for hydroxylation is 1. The van der Waals surface area contributed by atoms with E-state index in [1.807, 2.05) is 18.2 Å². The Labute approximate surface area is 182 Å². The highest BCUT2D eigenvalue weighted by Gasteiger charge is 2.33. The summed E-state index contributed by atoms with van der Waals surface area (Å²) < 4.78 is 2.70. The minimum absolute atomic E-state index is 0.152. The van der Waals surface area contributed by atoms with E-state index in [0.29, 0.717) is 25.0 Å². The van der Waals surface area contributed by atoms with Gasteiger partial charge in [0.2, 0.25) is 0 Å². The fourth-order valence-electron chi connectivity index (χ4n) is 3.27. The van der Waals surface area contributed by atoms with Crippen LogP contribution in [0.5, 0.6) is 0 Å². The lowest BCUT2D eigenvalue weighted by molar-refractivity contribution is -0.113. The Bertz CT molecular complexity index is 1140. The minimum atomic E-state index is -0.152. The number of rotatable bonds is 4. The van der Waals surface area contributed by atoms with E-state index in [2.05, 4.69) is 29.8 Å². The molecule has 1 fully saturated rings. The number of benzene rings is 2. The normalized spacial score (nSPS) is 16.0. The number of hydrogen-bond donors (Lipinski definition) is 0. The summed E-state index contributed by atoms with van der Waals surface area (Å²) in [6, 6.07) is 13.3. The molecular weight excluding hydrogens is 431 g/mol. The van der Waals surface area contributed by atoms with Gasteiger partial charge in [-0.05, 0) is 36.8 Å². The molecule has 4 rings (SSSR count). The Morgan fingerprint density at radius 3 is 2.68 bits per heavy atom. The van der Waals surface area contributed by atoms with Crippen LogP contribution < -0.4 is 4.90 Å². The van der Waals surface area contributed by atoms with Gasteiger partial charge in [0.15, 0.2) is 4.32 Å². The summed E-state index contributed by atoms with van der Waals surface area (Å²) in [6.07, 6.45) is 5.06. The summed E-state index contributed by atoms with van der Waals surface area (Å²) in [7, 11) is 0. The van der Waals surface area contributed by atoms with Gasteiger partial charge in [0, 0.05) is 29.2 Å². The van der Waals surface area contributed by atoms with Gasteiger partial charge < -0.3 is 4.57 Å². The topological polar surface area (TPSA) is 25.2 Å². The third kappa shape index (κ3) is 3.48. The molecule has 1 saturated heterocycles. The Balaban J connectivity index is 1.73. The molecule has 28 heavy (non-hydrogen) atoms. The molecule has 7 heteroatoms. The van der Waals surface area contributed by atoms with Crippen LogP contribution in [0.25, 0.3) is 17.0 Å². The summed E-state index contributed by atoms with van der Waals surface area (Å²) in [6.45, 7) is 3.08. The van der Waals surface area contributed by atoms with Gasteiger partial charge >= 0.3 is 0 Å². The van der Waals surface area contributed by atoms with Crippen molar-refractivity contribution in [3.05, 3.63) is 69.2 Å². The molecule has 0 atom stereocenters. The number of para-hydroxylation sites is 1. The first-order valence-electron chi connectivity index (χ1n) is 8.80. The number of carbonyl (C=O) groups excluding carboxylic acids is 1. The summed E-state index contributed by atoms with van der Waals surface area (Å²) in [5, 5.41) is 1.95. The number of carbonyl (C=O) groups is 1. The first-order chi connectivity index (χ1) is 13.5. The van der Waals surface area contributed by atoms with Crippen LogP contribution in [0.15, 0.2) is 53.6 Å². The molecule has 0 N–H and O–H groups in total. The third-order valence-corrected chi connectivity index (χ3v) is 6.57. The lowest BCUT2D eigenvalue weighted by atomic mass is 10.1. The van der Waals surface area contributed by atoms with Crippen LogP contribution in [0.1, 0.15) is 18.9 Å². The van der Waals surface area contributed by atoms with Gasteiger partial charge in [-0.3, -0.25) is 9.69 Å². The van der Waals surface area contributed by atoms with Crippen LogP contribution in [0.3, 0.4) is 0 Å². The molecule has 0 saturated carbocycles. The Morgan fingerprint density at radius 2 is 1.93 bits per heavy atom. The van der Waals surface area contributed by atoms with Gasteiger partial charge in [-0.25, -0.2) is 0 Å². The molecule has 0 radical (unpaired) electrons. The quantitative estimate of drug-likeness (QED) is 0.326. The maximum atomic E-state index is 13.1. The zero-order valence-corrected chi connectivity index (χ0v) is 18.1. The number of thiocarbonyl (C=S) groups is 1. The van der Waals surface area contributed by atoms with E-state index in [0.717, 1.165) is 29.4 Å². The molecule has 2 aromatic carbocycles. The Morgan fingerprint density at radius 1 is 1.14 bits per heavy atom. The molecule has 0 bridgehead atoms. The number of nitrogens with zero attached hydrogens (tertiary/aromatic N) is 2. The maximum absolute atomic E-state index is 13.1. The Hall–Kier alpha value is -1.79. The van der Waals surface area contributed by atoms with E-state index < -0.39 is 0 Å². The number of halogens is 2. The fraction of sp³-hybridized carbons (Fsp3) is 0.143. The van der Waals surface area contributed by atoms with Crippen LogP contribution in [-0.2, 0) is 11.3 Å². The number of amides is 1. The summed E-state index contributed by atoms with van der Waals surface area (Å²) in [4.78, 5) is 15.1. The van der Waals surface area contributed by atoms with Crippen molar-refractivity contribution >= 4 is 80.1 Å². The summed E-state index contributed by atoms with van der Waals surface area (Å²) >= 11 is 18.9. The predicted octanol–water partition coefficient (Wildman–Crippen LogP) is 6.76. The van der Waals surface area contributed by atoms with Gasteiger partial charge in [-0.1, -0.05) is 72.3 Å². The first-order valence-corrected chi connectivity index (χ1v) is 10.8. The highest BCUT2D eigenvalue weighted by Crippen LogP contribution is 2.38. The SMILES string of the molecule is CCCn1cc(/C=C2/SC(=S)N(c3ccc(Cl)c(Cl)c3)C2=O)c2ccccc21. The van der Waals surface area contributed by atoms with Crippen molar-refractivity contribution in [3.8, 4) is 0 Å². The number of hydrogen-bond acceptors (Lipinski definition) is 3. The van der Waals surface area contributed by atoms with E-state index in [4.69, 9.17) is 35.4 Å². The van der Waals surface area contributed by atoms with Crippen LogP contribution in [0.4, 0.5) is 5.69 Å². The van der Waals surface area contributed by atoms with Crippen molar-refractivity contribution in [1.82, 2.24) is 4.57 Å². The highest BCUT2D eigenvalue weighted by molar-refractivity contribution is 8.27. The summed E-state index contributed by atoms with van der Waals surface area (Å²) in [5.74, 6) is -0.152. The van der Waals surface area contributed by atoms with E-state index >= 15 is 0 Å². The second-order valence-electron chi connectivity index (χ2n) is 6.41. The first kappa shape index (κ1) is 19.5. The van der Waals surface area contributed by atoms with Gasteiger partial charge in [0.1, 0.15) is 0 Å². The zero-order valence-electron chi connectivity index (χ0n) is 15.0. The molecular formula is C21H16Cl2N2OS2. The Kier molecular flexibility index (Phi) is 5.52. The number of anilines is 1. The van der Waals surface area contributed by atoms with Crippen LogP contribution >= 0.6 is 47.2 Å². The maximum Gasteiger partial charge on any atom is 0.270 e. The molecule has 0 unspecified atom stereocenters. The fourth-order valence-corrected chi connectivity index (χ4v) is 4.85. The monoisotopic (exact) mass is 446 g/mol. The van der Waals surface area contributed by atoms with Crippen molar-refractivity contribution in [2.75, 3.05) is 4.90 Å². The zero-order chi connectivity index (χ0) is 19.8. The van der Waals surface area contributed by atoms with E-state index in [1.54, 1.807) is 18.2 Å². The van der Waals surface area contributed by atoms with Crippen molar-refractivity contribution in [2.24, 2.45) is 0 Å². The lowest BCUT2D eigenvalue weighted by Gasteiger charge is -2.15. The van der Waals surface area contributed by atoms with Crippen molar-refractivity contribution in [1.29, 1.82) is 0 Å². The van der Waals surface area contributed by atoms with Crippen LogP contribution in [-0.4, -0.2) is 14.8 Å². The molecule has 2 heterocycles. The molecule has 3 nitrogen and oxygen atoms in total. The van der Waals surface area contributed by atoms with E-state index in [9.17, 15) is 4.79 Å². The molecule has 1 amide bonds. The van der Waals surface area contributed by atoms with Crippen LogP contribution in [0.2, 0.25) is 10.0 Å². The van der Waals surface area contributed by atoms with Gasteiger partial charge in [-0.15, -0.1) is 0 Å². The molecule has 1 aromatic heterocycles. The standard InChI is InChI=1S/C21H16Cl2N2OS2/c1-2-9-24-12-13(15-5-3-4-6-18(15)24)10-19-20(26)25(21(27)28-19)14-7-8-16(22)17(23)11-14/h3-8,10-12H,2,9H2,1H3/b19-10+. The second kappa shape index (κ2) is 7.91. The van der Waals surface area contributed by atoms with Crippen molar-refractivity contribution < 1.29 is 4.79 Å². The average molecular weight is 447 g/mol. The number of fused-ring (bicyclic) bond motifs is 1. The molecule has 3 aromatic rings. The van der Waals surface area contributed by atoms with Crippen LogP contribution in [0, 0.1) is 0 Å². The number of aromatic nitrogens is 1. The predicted molar refractivity (Wildman–Crippen MR) is 124 cm³/mol. The van der Waals surface area contributed by atoms with Crippen molar-refractivity contribution in [3.63, 3.8) is 0 Å². The molecule has 1 aliphatic heterocycles. The van der Waals surface area contributed by atoms with Gasteiger partial charge in [-0.2, -0.15) is 0 Å². The highest BCUT2D eigenvalue weighted by atomic mass is 35.5. The molecule has 0 spiro atoms. The largest absolute Gasteiger partial charge is 0.347 e. The van der Waals surface area contributed by atoms with Gasteiger partial charge in [0.25, 0.3) is 5.91 Å².